The number of carbonyl (C=O) groups excluding carboxylic acids is 3. The molecule has 1 fully saturated rings. The van der Waals surface area contributed by atoms with E-state index in [0.29, 0.717) is 37.1 Å². The fourth-order valence-corrected chi connectivity index (χ4v) is 5.01. The highest BCUT2D eigenvalue weighted by molar-refractivity contribution is 6.34. The van der Waals surface area contributed by atoms with Crippen LogP contribution in [0.2, 0.25) is 0 Å². The Labute approximate surface area is 208 Å². The number of carboxylic acid groups (broad SMARTS) is 1. The molecule has 1 saturated carbocycles. The van der Waals surface area contributed by atoms with Crippen molar-refractivity contribution >= 4 is 29.4 Å². The quantitative estimate of drug-likeness (QED) is 0.517. The van der Waals surface area contributed by atoms with E-state index in [0.717, 1.165) is 17.7 Å². The minimum absolute atomic E-state index is 0.0510. The van der Waals surface area contributed by atoms with Crippen LogP contribution in [0.25, 0.3) is 0 Å². The van der Waals surface area contributed by atoms with Gasteiger partial charge in [0.1, 0.15) is 6.04 Å². The fraction of sp³-hybridized carbons (Fsp3) is 0.370. The Hall–Kier alpha value is -4.03. The Morgan fingerprint density at radius 3 is 2.39 bits per heavy atom. The standard InChI is InChI=1S/C27H27N3O6/c1-36-13-12-27(10-2-3-11-27)26(35)29-22(25(33)34)15-17-4-7-19(8-5-17)30-23(31)20-9-6-18(16-28)14-21(20)24(30)32/h4-9,14,22H,2-3,10-13,15H2,1H3,(H,29,35)(H,33,34)/t22-/m0/s1. The number of ether oxygens (including phenoxy) is 1. The number of nitriles is 1. The number of imide groups is 1. The molecule has 0 aromatic heterocycles. The highest BCUT2D eigenvalue weighted by Gasteiger charge is 2.42. The first kappa shape index (κ1) is 25.1. The van der Waals surface area contributed by atoms with Crippen LogP contribution in [0.5, 0.6) is 0 Å². The van der Waals surface area contributed by atoms with Gasteiger partial charge in [0.15, 0.2) is 0 Å². The second-order valence-electron chi connectivity index (χ2n) is 9.28. The lowest BCUT2D eigenvalue weighted by molar-refractivity contribution is -0.144. The summed E-state index contributed by atoms with van der Waals surface area (Å²) in [6, 6.07) is 11.6. The average molecular weight is 490 g/mol. The maximum absolute atomic E-state index is 13.1. The number of rotatable bonds is 9. The number of hydrogen-bond donors (Lipinski definition) is 2. The highest BCUT2D eigenvalue weighted by atomic mass is 16.5. The van der Waals surface area contributed by atoms with Crippen molar-refractivity contribution in [1.29, 1.82) is 5.26 Å². The van der Waals surface area contributed by atoms with Gasteiger partial charge in [0.2, 0.25) is 5.91 Å². The summed E-state index contributed by atoms with van der Waals surface area (Å²) in [5.41, 5.74) is 1.05. The molecular formula is C27H27N3O6. The van der Waals surface area contributed by atoms with E-state index in [1.165, 1.54) is 18.2 Å². The second-order valence-corrected chi connectivity index (χ2v) is 9.28. The maximum atomic E-state index is 13.1. The van der Waals surface area contributed by atoms with Crippen LogP contribution < -0.4 is 10.2 Å². The number of amides is 3. The van der Waals surface area contributed by atoms with E-state index in [2.05, 4.69) is 5.32 Å². The molecule has 0 saturated heterocycles. The van der Waals surface area contributed by atoms with Gasteiger partial charge in [-0.2, -0.15) is 5.26 Å². The Bertz CT molecular complexity index is 1240. The molecule has 36 heavy (non-hydrogen) atoms. The monoisotopic (exact) mass is 489 g/mol. The van der Waals surface area contributed by atoms with Gasteiger partial charge in [-0.25, -0.2) is 9.69 Å². The molecular weight excluding hydrogens is 462 g/mol. The van der Waals surface area contributed by atoms with Gasteiger partial charge in [-0.15, -0.1) is 0 Å². The lowest BCUT2D eigenvalue weighted by Gasteiger charge is -2.29. The van der Waals surface area contributed by atoms with Gasteiger partial charge < -0.3 is 15.2 Å². The number of fused-ring (bicyclic) bond motifs is 1. The van der Waals surface area contributed by atoms with Gasteiger partial charge in [-0.05, 0) is 55.2 Å². The largest absolute Gasteiger partial charge is 0.480 e. The predicted molar refractivity (Wildman–Crippen MR) is 129 cm³/mol. The van der Waals surface area contributed by atoms with Crippen LogP contribution in [0.15, 0.2) is 42.5 Å². The molecule has 3 amide bonds. The third-order valence-corrected chi connectivity index (χ3v) is 7.08. The molecule has 4 rings (SSSR count). The van der Waals surface area contributed by atoms with E-state index in [1.54, 1.807) is 31.4 Å². The number of benzene rings is 2. The van der Waals surface area contributed by atoms with Gasteiger partial charge >= 0.3 is 5.97 Å². The zero-order chi connectivity index (χ0) is 25.9. The molecule has 2 N–H and O–H groups in total. The summed E-state index contributed by atoms with van der Waals surface area (Å²) in [4.78, 5) is 51.7. The molecule has 1 aliphatic heterocycles. The summed E-state index contributed by atoms with van der Waals surface area (Å²) in [6.45, 7) is 0.433. The van der Waals surface area contributed by atoms with Crippen molar-refractivity contribution in [3.63, 3.8) is 0 Å². The normalized spacial score (nSPS) is 16.9. The average Bonchev–Trinajstić information content (AvgIpc) is 3.46. The first-order chi connectivity index (χ1) is 17.3. The zero-order valence-corrected chi connectivity index (χ0v) is 20.0. The molecule has 2 aromatic rings. The van der Waals surface area contributed by atoms with Crippen LogP contribution in [-0.2, 0) is 20.7 Å². The Morgan fingerprint density at radius 1 is 1.11 bits per heavy atom. The lowest BCUT2D eigenvalue weighted by atomic mass is 9.81. The molecule has 0 bridgehead atoms. The van der Waals surface area contributed by atoms with Crippen LogP contribution in [0.3, 0.4) is 0 Å². The minimum Gasteiger partial charge on any atom is -0.480 e. The van der Waals surface area contributed by atoms with Gasteiger partial charge in [0.25, 0.3) is 11.8 Å². The number of methoxy groups -OCH3 is 1. The van der Waals surface area contributed by atoms with Gasteiger partial charge in [-0.3, -0.25) is 14.4 Å². The first-order valence-corrected chi connectivity index (χ1v) is 11.8. The number of carbonyl (C=O) groups is 4. The van der Waals surface area contributed by atoms with E-state index in [9.17, 15) is 24.3 Å². The second kappa shape index (κ2) is 10.3. The number of nitrogens with zero attached hydrogens (tertiary/aromatic N) is 2. The lowest BCUT2D eigenvalue weighted by Crippen LogP contribution is -2.49. The number of anilines is 1. The number of nitrogens with one attached hydrogen (secondary N) is 1. The molecule has 2 aliphatic rings. The van der Waals surface area contributed by atoms with Crippen LogP contribution in [0.1, 0.15) is 63.9 Å². The smallest absolute Gasteiger partial charge is 0.326 e. The Kier molecular flexibility index (Phi) is 7.17. The molecule has 1 atom stereocenters. The van der Waals surface area contributed by atoms with Crippen LogP contribution in [0.4, 0.5) is 5.69 Å². The number of hydrogen-bond acceptors (Lipinski definition) is 6. The zero-order valence-electron chi connectivity index (χ0n) is 20.0. The van der Waals surface area contributed by atoms with Gasteiger partial charge in [0.05, 0.1) is 33.9 Å². The summed E-state index contributed by atoms with van der Waals surface area (Å²) in [5, 5.41) is 21.6. The molecule has 0 radical (unpaired) electrons. The minimum atomic E-state index is -1.14. The van der Waals surface area contributed by atoms with Crippen molar-refractivity contribution in [1.82, 2.24) is 5.32 Å². The molecule has 0 spiro atoms. The van der Waals surface area contributed by atoms with E-state index >= 15 is 0 Å². The molecule has 0 unspecified atom stereocenters. The summed E-state index contributed by atoms with van der Waals surface area (Å²) in [6.07, 6.45) is 3.86. The third kappa shape index (κ3) is 4.72. The number of aliphatic carboxylic acids is 1. The topological polar surface area (TPSA) is 137 Å². The fourth-order valence-electron chi connectivity index (χ4n) is 5.01. The van der Waals surface area contributed by atoms with E-state index in [4.69, 9.17) is 10.00 Å². The van der Waals surface area contributed by atoms with Crippen LogP contribution in [-0.4, -0.2) is 48.6 Å². The number of carboxylic acids is 1. The highest BCUT2D eigenvalue weighted by Crippen LogP contribution is 2.41. The predicted octanol–water partition coefficient (Wildman–Crippen LogP) is 3.07. The molecule has 9 nitrogen and oxygen atoms in total. The van der Waals surface area contributed by atoms with Crippen molar-refractivity contribution < 1.29 is 29.0 Å². The van der Waals surface area contributed by atoms with Crippen molar-refractivity contribution in [3.8, 4) is 6.07 Å². The van der Waals surface area contributed by atoms with Crippen molar-refractivity contribution in [2.75, 3.05) is 18.6 Å². The maximum Gasteiger partial charge on any atom is 0.326 e. The summed E-state index contributed by atoms with van der Waals surface area (Å²) in [5.74, 6) is -2.40. The SMILES string of the molecule is COCCC1(C(=O)N[C@@H](Cc2ccc(N3C(=O)c4ccc(C#N)cc4C3=O)cc2)C(=O)O)CCCC1. The van der Waals surface area contributed by atoms with E-state index in [1.807, 2.05) is 6.07 Å². The van der Waals surface area contributed by atoms with E-state index < -0.39 is 29.2 Å². The Balaban J connectivity index is 1.47. The van der Waals surface area contributed by atoms with E-state index in [-0.39, 0.29) is 29.0 Å². The third-order valence-electron chi connectivity index (χ3n) is 7.08. The van der Waals surface area contributed by atoms with Crippen molar-refractivity contribution in [2.45, 2.75) is 44.6 Å². The summed E-state index contributed by atoms with van der Waals surface area (Å²) < 4.78 is 5.17. The summed E-state index contributed by atoms with van der Waals surface area (Å²) in [7, 11) is 1.58. The van der Waals surface area contributed by atoms with Crippen LogP contribution >= 0.6 is 0 Å². The molecule has 9 heteroatoms. The Morgan fingerprint density at radius 2 is 1.78 bits per heavy atom. The molecule has 1 heterocycles. The summed E-state index contributed by atoms with van der Waals surface area (Å²) >= 11 is 0. The van der Waals surface area contributed by atoms with Crippen molar-refractivity contribution in [2.24, 2.45) is 5.41 Å². The first-order valence-electron chi connectivity index (χ1n) is 11.8. The van der Waals surface area contributed by atoms with Crippen molar-refractivity contribution in [3.05, 3.63) is 64.7 Å². The van der Waals surface area contributed by atoms with Gasteiger partial charge in [0, 0.05) is 20.1 Å². The van der Waals surface area contributed by atoms with Gasteiger partial charge in [-0.1, -0.05) is 25.0 Å². The molecule has 186 valence electrons. The molecule has 1 aliphatic carbocycles. The molecule has 2 aromatic carbocycles. The van der Waals surface area contributed by atoms with Crippen LogP contribution in [0, 0.1) is 16.7 Å².